The van der Waals surface area contributed by atoms with Crippen LogP contribution in [-0.4, -0.2) is 20.9 Å². The summed E-state index contributed by atoms with van der Waals surface area (Å²) in [4.78, 5) is 21.2. The molecule has 5 aromatic rings. The summed E-state index contributed by atoms with van der Waals surface area (Å²) in [6.07, 6.45) is 5.18. The molecule has 44 heavy (non-hydrogen) atoms. The van der Waals surface area contributed by atoms with E-state index in [-0.39, 0.29) is 54.9 Å². The van der Waals surface area contributed by atoms with Crippen molar-refractivity contribution in [2.75, 3.05) is 0 Å². The van der Waals surface area contributed by atoms with Gasteiger partial charge < -0.3 is 14.5 Å². The number of nitrogens with zero attached hydrogens (tertiary/aromatic N) is 2. The van der Waals surface area contributed by atoms with Crippen LogP contribution >= 0.6 is 11.3 Å². The van der Waals surface area contributed by atoms with Gasteiger partial charge >= 0.3 is 0 Å². The van der Waals surface area contributed by atoms with E-state index in [1.165, 1.54) is 23.5 Å². The molecule has 0 aliphatic carbocycles. The summed E-state index contributed by atoms with van der Waals surface area (Å²) in [7, 11) is 0. The van der Waals surface area contributed by atoms with Crippen LogP contribution in [0.4, 0.5) is 0 Å². The first-order valence-corrected chi connectivity index (χ1v) is 15.9. The molecule has 1 radical (unpaired) electrons. The van der Waals surface area contributed by atoms with Crippen LogP contribution < -0.4 is 0 Å². The number of carbonyl (C=O) groups excluding carboxylic acids is 1. The van der Waals surface area contributed by atoms with E-state index in [2.05, 4.69) is 16.0 Å². The van der Waals surface area contributed by atoms with Gasteiger partial charge in [0.25, 0.3) is 0 Å². The number of hydrogen-bond acceptors (Lipinski definition) is 6. The van der Waals surface area contributed by atoms with Crippen molar-refractivity contribution in [2.45, 2.75) is 87.4 Å². The van der Waals surface area contributed by atoms with E-state index in [0.717, 1.165) is 46.5 Å². The first kappa shape index (κ1) is 28.6. The molecule has 0 saturated carbocycles. The molecule has 0 amide bonds. The van der Waals surface area contributed by atoms with Crippen molar-refractivity contribution in [3.8, 4) is 11.3 Å². The zero-order valence-corrected chi connectivity index (χ0v) is 29.7. The molecule has 0 atom stereocenters. The van der Waals surface area contributed by atoms with E-state index < -0.39 is 18.6 Å². The fourth-order valence-electron chi connectivity index (χ4n) is 5.11. The zero-order valence-electron chi connectivity index (χ0n) is 31.5. The fraction of sp³-hybridized carbons (Fsp3) is 0.432. The van der Waals surface area contributed by atoms with Crippen molar-refractivity contribution in [3.05, 3.63) is 71.1 Å². The number of aryl methyl sites for hydroxylation is 1. The van der Waals surface area contributed by atoms with E-state index in [1.807, 2.05) is 66.7 Å². The smallest absolute Gasteiger partial charge is 0.216 e. The molecule has 237 valence electrons. The Morgan fingerprint density at radius 3 is 2.43 bits per heavy atom. The summed E-state index contributed by atoms with van der Waals surface area (Å²) in [5.41, 5.74) is 1.53. The van der Waals surface area contributed by atoms with Crippen molar-refractivity contribution in [1.82, 2.24) is 9.97 Å². The maximum Gasteiger partial charge on any atom is 0.216 e. The first-order chi connectivity index (χ1) is 22.5. The van der Waals surface area contributed by atoms with Crippen LogP contribution in [-0.2, 0) is 31.3 Å². The topological polar surface area (TPSA) is 76.2 Å². The van der Waals surface area contributed by atoms with Gasteiger partial charge in [0.1, 0.15) is 0 Å². The Morgan fingerprint density at radius 2 is 1.80 bits per heavy atom. The van der Waals surface area contributed by atoms with Crippen molar-refractivity contribution in [3.63, 3.8) is 0 Å². The molecule has 5 nitrogen and oxygen atoms in total. The molecular formula is C37H45IrN2O3S-. The number of furan rings is 1. The number of rotatable bonds is 9. The zero-order chi connectivity index (χ0) is 35.6. The molecule has 4 aromatic heterocycles. The molecule has 0 fully saturated rings. The van der Waals surface area contributed by atoms with Gasteiger partial charge in [0, 0.05) is 67.0 Å². The molecule has 1 N–H and O–H groups in total. The second-order valence-electron chi connectivity index (χ2n) is 11.8. The largest absolute Gasteiger partial charge is 0.512 e. The van der Waals surface area contributed by atoms with Gasteiger partial charge in [-0.15, -0.1) is 29.5 Å². The van der Waals surface area contributed by atoms with Crippen molar-refractivity contribution in [1.29, 1.82) is 0 Å². The molecule has 4 heterocycles. The van der Waals surface area contributed by atoms with Crippen LogP contribution in [0.1, 0.15) is 91.6 Å². The molecule has 0 aliphatic rings. The molecule has 0 saturated heterocycles. The fourth-order valence-corrected chi connectivity index (χ4v) is 6.23. The summed E-state index contributed by atoms with van der Waals surface area (Å²) in [5.74, 6) is 0.547. The predicted octanol–water partition coefficient (Wildman–Crippen LogP) is 10.8. The summed E-state index contributed by atoms with van der Waals surface area (Å²) in [6, 6.07) is 13.9. The third-order valence-electron chi connectivity index (χ3n) is 7.54. The molecule has 7 heteroatoms. The van der Waals surface area contributed by atoms with Gasteiger partial charge in [0.05, 0.1) is 16.0 Å². The standard InChI is InChI=1S/C24H21N2OS.C13H24O2.Ir/c1-14-8-9-18-17-6-5-7-19(22(17)27-23(18)26-14)20-11-15-10-16(12-24(2,3)4)28-21(15)13-25-20;1-5-10(6-2)12(14)9-13(15)11(7-3)8-4;/h5-6,8-11,13H,12H2,1-4H3;9-11,14H,5-8H2,1-4H3;/q-1;;/b;12-9-;/i1D3,12D2;;. The number of thiophene rings is 1. The molecule has 1 aromatic carbocycles. The van der Waals surface area contributed by atoms with E-state index in [1.54, 1.807) is 18.3 Å². The number of allylic oxidation sites excluding steroid dienone is 2. The Bertz CT molecular complexity index is 1930. The number of fused-ring (bicyclic) bond motifs is 4. The summed E-state index contributed by atoms with van der Waals surface area (Å²) in [5, 5.41) is 12.2. The number of aliphatic hydroxyl groups is 1. The van der Waals surface area contributed by atoms with E-state index in [4.69, 9.17) is 11.3 Å². The quantitative estimate of drug-likeness (QED) is 0.0914. The number of aromatic nitrogens is 2. The van der Waals surface area contributed by atoms with Crippen LogP contribution in [0.25, 0.3) is 43.4 Å². The van der Waals surface area contributed by atoms with Gasteiger partial charge in [0.15, 0.2) is 5.78 Å². The predicted molar refractivity (Wildman–Crippen MR) is 181 cm³/mol. The van der Waals surface area contributed by atoms with Gasteiger partial charge in [-0.25, -0.2) is 4.98 Å². The SMILES string of the molecule is CCC(CC)C(=O)/C=C(\O)C(CC)CC.[2H]C([2H])([2H])c1ccc2c(n1)oc1c(-c3cc4cc(C([2H])([2H])C(C)(C)C)sc4cn3)[c-]ccc12.[Ir]. The second kappa shape index (κ2) is 15.4. The molecule has 0 aliphatic heterocycles. The second-order valence-corrected chi connectivity index (χ2v) is 12.9. The van der Waals surface area contributed by atoms with Gasteiger partial charge in [-0.3, -0.25) is 4.79 Å². The van der Waals surface area contributed by atoms with Crippen LogP contribution in [0, 0.1) is 30.2 Å². The molecule has 5 rings (SSSR count). The average Bonchev–Trinajstić information content (AvgIpc) is 3.63. The van der Waals surface area contributed by atoms with Crippen LogP contribution in [0.2, 0.25) is 0 Å². The monoisotopic (exact) mass is 795 g/mol. The Morgan fingerprint density at radius 1 is 1.09 bits per heavy atom. The number of carbonyl (C=O) groups is 1. The van der Waals surface area contributed by atoms with Gasteiger partial charge in [-0.2, -0.15) is 0 Å². The summed E-state index contributed by atoms with van der Waals surface area (Å²) < 4.78 is 46.9. The van der Waals surface area contributed by atoms with Crippen LogP contribution in [0.3, 0.4) is 0 Å². The third kappa shape index (κ3) is 8.44. The Kier molecular flexibility index (Phi) is 10.0. The number of benzene rings is 1. The summed E-state index contributed by atoms with van der Waals surface area (Å²) in [6.45, 7) is 11.4. The van der Waals surface area contributed by atoms with Crippen molar-refractivity contribution in [2.24, 2.45) is 17.3 Å². The van der Waals surface area contributed by atoms with E-state index in [0.29, 0.717) is 21.7 Å². The summed E-state index contributed by atoms with van der Waals surface area (Å²) >= 11 is 1.41. The number of ketones is 1. The van der Waals surface area contributed by atoms with Gasteiger partial charge in [-0.05, 0) is 73.6 Å². The third-order valence-corrected chi connectivity index (χ3v) is 8.54. The first-order valence-electron chi connectivity index (χ1n) is 17.6. The molecule has 0 spiro atoms. The normalized spacial score (nSPS) is 14.5. The Labute approximate surface area is 286 Å². The minimum absolute atomic E-state index is 0. The minimum Gasteiger partial charge on any atom is -0.512 e. The number of aliphatic hydroxyl groups excluding tert-OH is 1. The molecule has 0 bridgehead atoms. The van der Waals surface area contributed by atoms with E-state index in [9.17, 15) is 9.90 Å². The van der Waals surface area contributed by atoms with Gasteiger partial charge in [0.2, 0.25) is 5.71 Å². The number of hydrogen-bond donors (Lipinski definition) is 1. The molecule has 0 unspecified atom stereocenters. The van der Waals surface area contributed by atoms with Crippen LogP contribution in [0.5, 0.6) is 0 Å². The Hall–Kier alpha value is -2.86. The molecular weight excluding hydrogens is 745 g/mol. The van der Waals surface area contributed by atoms with Crippen molar-refractivity contribution < 1.29 is 41.3 Å². The maximum atomic E-state index is 11.7. The van der Waals surface area contributed by atoms with E-state index >= 15 is 0 Å². The average molecular weight is 795 g/mol. The van der Waals surface area contributed by atoms with Gasteiger partial charge in [-0.1, -0.05) is 65.5 Å². The number of pyridine rings is 2. The minimum atomic E-state index is -2.32. The van der Waals surface area contributed by atoms with Crippen LogP contribution in [0.15, 0.2) is 58.8 Å². The maximum absolute atomic E-state index is 11.7. The van der Waals surface area contributed by atoms with Crippen molar-refractivity contribution >= 4 is 49.3 Å². The Balaban J connectivity index is 0.000000347.